The van der Waals surface area contributed by atoms with Crippen LogP contribution in [-0.4, -0.2) is 16.7 Å². The highest BCUT2D eigenvalue weighted by Gasteiger charge is 2.03. The van der Waals surface area contributed by atoms with E-state index in [-0.39, 0.29) is 5.75 Å². The molecule has 0 spiro atoms. The number of aromatic nitrogens is 1. The first-order chi connectivity index (χ1) is 6.81. The number of benzene rings is 1. The molecule has 0 amide bonds. The third-order valence-electron chi connectivity index (χ3n) is 1.97. The summed E-state index contributed by atoms with van der Waals surface area (Å²) in [5.74, 6) is 0.831. The number of phenolic OH excluding ortho intramolecular Hbond substituents is 1. The molecule has 0 aliphatic heterocycles. The lowest BCUT2D eigenvalue weighted by Crippen LogP contribution is -1.91. The van der Waals surface area contributed by atoms with Crippen LogP contribution in [0.3, 0.4) is 0 Å². The van der Waals surface area contributed by atoms with Crippen molar-refractivity contribution in [2.45, 2.75) is 6.92 Å². The number of aromatic hydroxyl groups is 1. The van der Waals surface area contributed by atoms with Gasteiger partial charge >= 0.3 is 0 Å². The largest absolute Gasteiger partial charge is 0.506 e. The van der Waals surface area contributed by atoms with Gasteiger partial charge in [-0.05, 0) is 19.1 Å². The van der Waals surface area contributed by atoms with Crippen LogP contribution in [0.15, 0.2) is 30.5 Å². The second kappa shape index (κ2) is 3.54. The Morgan fingerprint density at radius 1 is 1.43 bits per heavy atom. The number of fused-ring (bicyclic) bond motifs is 1. The minimum absolute atomic E-state index is 0.159. The van der Waals surface area contributed by atoms with Gasteiger partial charge in [-0.2, -0.15) is 0 Å². The molecule has 0 atom stereocenters. The van der Waals surface area contributed by atoms with Gasteiger partial charge in [0, 0.05) is 17.6 Å². The molecule has 14 heavy (non-hydrogen) atoms. The van der Waals surface area contributed by atoms with E-state index in [4.69, 9.17) is 4.74 Å². The molecule has 72 valence electrons. The Kier molecular flexibility index (Phi) is 2.23. The van der Waals surface area contributed by atoms with Crippen LogP contribution >= 0.6 is 0 Å². The standard InChI is InChI=1S/C11H11NO2/c1-2-14-9-6-8-4-3-5-12-11(8)10(13)7-9/h3-7,13H,2H2,1H3. The van der Waals surface area contributed by atoms with Gasteiger partial charge in [0.25, 0.3) is 0 Å². The summed E-state index contributed by atoms with van der Waals surface area (Å²) in [6, 6.07) is 7.17. The van der Waals surface area contributed by atoms with Gasteiger partial charge in [0.2, 0.25) is 0 Å². The topological polar surface area (TPSA) is 42.4 Å². The van der Waals surface area contributed by atoms with Crippen LogP contribution in [0.25, 0.3) is 10.9 Å². The van der Waals surface area contributed by atoms with E-state index >= 15 is 0 Å². The first kappa shape index (κ1) is 8.81. The molecule has 0 aliphatic carbocycles. The number of nitrogens with zero attached hydrogens (tertiary/aromatic N) is 1. The maximum Gasteiger partial charge on any atom is 0.145 e. The Labute approximate surface area is 82.0 Å². The van der Waals surface area contributed by atoms with Gasteiger partial charge in [-0.25, -0.2) is 0 Å². The van der Waals surface area contributed by atoms with Crippen LogP contribution < -0.4 is 4.74 Å². The fourth-order valence-electron chi connectivity index (χ4n) is 1.40. The second-order valence-corrected chi connectivity index (χ2v) is 2.95. The zero-order chi connectivity index (χ0) is 9.97. The molecule has 1 N–H and O–H groups in total. The molecule has 2 aromatic rings. The first-order valence-corrected chi connectivity index (χ1v) is 4.52. The van der Waals surface area contributed by atoms with Gasteiger partial charge < -0.3 is 9.84 Å². The first-order valence-electron chi connectivity index (χ1n) is 4.52. The average Bonchev–Trinajstić information content (AvgIpc) is 2.18. The van der Waals surface area contributed by atoms with Gasteiger partial charge in [-0.1, -0.05) is 6.07 Å². The number of pyridine rings is 1. The highest BCUT2D eigenvalue weighted by molar-refractivity contribution is 5.85. The lowest BCUT2D eigenvalue weighted by molar-refractivity contribution is 0.338. The Balaban J connectivity index is 2.60. The van der Waals surface area contributed by atoms with Gasteiger partial charge in [0.15, 0.2) is 0 Å². The summed E-state index contributed by atoms with van der Waals surface area (Å²) in [6.07, 6.45) is 1.66. The van der Waals surface area contributed by atoms with E-state index in [0.29, 0.717) is 17.9 Å². The minimum atomic E-state index is 0.159. The van der Waals surface area contributed by atoms with E-state index in [1.807, 2.05) is 25.1 Å². The van der Waals surface area contributed by atoms with E-state index in [9.17, 15) is 5.11 Å². The van der Waals surface area contributed by atoms with E-state index in [1.54, 1.807) is 12.3 Å². The minimum Gasteiger partial charge on any atom is -0.506 e. The van der Waals surface area contributed by atoms with Crippen molar-refractivity contribution in [3.63, 3.8) is 0 Å². The summed E-state index contributed by atoms with van der Waals surface area (Å²) in [7, 11) is 0. The number of rotatable bonds is 2. The van der Waals surface area contributed by atoms with Crippen molar-refractivity contribution >= 4 is 10.9 Å². The van der Waals surface area contributed by atoms with Gasteiger partial charge in [0.1, 0.15) is 17.0 Å². The maximum atomic E-state index is 9.64. The van der Waals surface area contributed by atoms with Crippen LogP contribution in [-0.2, 0) is 0 Å². The molecule has 2 rings (SSSR count). The molecule has 0 saturated carbocycles. The van der Waals surface area contributed by atoms with Crippen molar-refractivity contribution in [2.24, 2.45) is 0 Å². The Bertz CT molecular complexity index is 454. The van der Waals surface area contributed by atoms with Crippen LogP contribution in [0.4, 0.5) is 0 Å². The number of hydrogen-bond acceptors (Lipinski definition) is 3. The zero-order valence-corrected chi connectivity index (χ0v) is 7.90. The molecule has 0 saturated heterocycles. The van der Waals surface area contributed by atoms with Crippen LogP contribution in [0.2, 0.25) is 0 Å². The molecular formula is C11H11NO2. The molecule has 1 heterocycles. The Hall–Kier alpha value is -1.77. The molecule has 0 aliphatic rings. The van der Waals surface area contributed by atoms with Crippen LogP contribution in [0.1, 0.15) is 6.92 Å². The number of phenols is 1. The molecule has 3 nitrogen and oxygen atoms in total. The number of ether oxygens (including phenoxy) is 1. The van der Waals surface area contributed by atoms with Crippen molar-refractivity contribution in [3.8, 4) is 11.5 Å². The molecule has 0 fully saturated rings. The summed E-state index contributed by atoms with van der Waals surface area (Å²) in [4.78, 5) is 4.08. The van der Waals surface area contributed by atoms with E-state index in [2.05, 4.69) is 4.98 Å². The zero-order valence-electron chi connectivity index (χ0n) is 7.90. The van der Waals surface area contributed by atoms with Gasteiger partial charge in [-0.3, -0.25) is 4.98 Å². The molecule has 0 radical (unpaired) electrons. The molecular weight excluding hydrogens is 178 g/mol. The summed E-state index contributed by atoms with van der Waals surface area (Å²) in [5, 5.41) is 10.5. The second-order valence-electron chi connectivity index (χ2n) is 2.95. The highest BCUT2D eigenvalue weighted by Crippen LogP contribution is 2.28. The van der Waals surface area contributed by atoms with Crippen molar-refractivity contribution < 1.29 is 9.84 Å². The van der Waals surface area contributed by atoms with E-state index < -0.39 is 0 Å². The fraction of sp³-hybridized carbons (Fsp3) is 0.182. The van der Waals surface area contributed by atoms with Crippen molar-refractivity contribution in [2.75, 3.05) is 6.61 Å². The lowest BCUT2D eigenvalue weighted by Gasteiger charge is -2.05. The average molecular weight is 189 g/mol. The maximum absolute atomic E-state index is 9.64. The molecule has 1 aromatic heterocycles. The monoisotopic (exact) mass is 189 g/mol. The molecule has 1 aromatic carbocycles. The summed E-state index contributed by atoms with van der Waals surface area (Å²) < 4.78 is 5.31. The summed E-state index contributed by atoms with van der Waals surface area (Å²) in [6.45, 7) is 2.50. The summed E-state index contributed by atoms with van der Waals surface area (Å²) >= 11 is 0. The third kappa shape index (κ3) is 1.48. The van der Waals surface area contributed by atoms with Crippen LogP contribution in [0.5, 0.6) is 11.5 Å². The van der Waals surface area contributed by atoms with Crippen molar-refractivity contribution in [1.82, 2.24) is 4.98 Å². The van der Waals surface area contributed by atoms with Gasteiger partial charge in [-0.15, -0.1) is 0 Å². The molecule has 0 unspecified atom stereocenters. The normalized spacial score (nSPS) is 10.4. The fourth-order valence-corrected chi connectivity index (χ4v) is 1.40. The molecule has 0 bridgehead atoms. The molecule has 3 heteroatoms. The SMILES string of the molecule is CCOc1cc(O)c2ncccc2c1. The quantitative estimate of drug-likeness (QED) is 0.788. The van der Waals surface area contributed by atoms with Crippen molar-refractivity contribution in [1.29, 1.82) is 0 Å². The van der Waals surface area contributed by atoms with Crippen molar-refractivity contribution in [3.05, 3.63) is 30.5 Å². The number of hydrogen-bond donors (Lipinski definition) is 1. The highest BCUT2D eigenvalue weighted by atomic mass is 16.5. The third-order valence-corrected chi connectivity index (χ3v) is 1.97. The smallest absolute Gasteiger partial charge is 0.145 e. The van der Waals surface area contributed by atoms with Crippen LogP contribution in [0, 0.1) is 0 Å². The predicted molar refractivity (Wildman–Crippen MR) is 54.6 cm³/mol. The van der Waals surface area contributed by atoms with E-state index in [0.717, 1.165) is 5.39 Å². The van der Waals surface area contributed by atoms with Gasteiger partial charge in [0.05, 0.1) is 6.61 Å². The lowest BCUT2D eigenvalue weighted by atomic mass is 10.2. The summed E-state index contributed by atoms with van der Waals surface area (Å²) in [5.41, 5.74) is 0.607. The predicted octanol–water partition coefficient (Wildman–Crippen LogP) is 2.34. The Morgan fingerprint density at radius 2 is 2.29 bits per heavy atom. The Morgan fingerprint density at radius 3 is 3.07 bits per heavy atom. The van der Waals surface area contributed by atoms with E-state index in [1.165, 1.54) is 0 Å².